The third kappa shape index (κ3) is 4.25. The summed E-state index contributed by atoms with van der Waals surface area (Å²) in [6.07, 6.45) is 13.2. The lowest BCUT2D eigenvalue weighted by molar-refractivity contribution is 0.459. The monoisotopic (exact) mass is 299 g/mol. The first-order valence-corrected chi connectivity index (χ1v) is 8.62. The fourth-order valence-electron chi connectivity index (χ4n) is 3.45. The van der Waals surface area contributed by atoms with Gasteiger partial charge in [0.2, 0.25) is 0 Å². The highest BCUT2D eigenvalue weighted by molar-refractivity contribution is 5.46. The van der Waals surface area contributed by atoms with Gasteiger partial charge < -0.3 is 5.73 Å². The largest absolute Gasteiger partial charge is 0.404 e. The average Bonchev–Trinajstić information content (AvgIpc) is 2.97. The van der Waals surface area contributed by atoms with E-state index in [0.717, 1.165) is 19.3 Å². The van der Waals surface area contributed by atoms with E-state index in [4.69, 9.17) is 5.73 Å². The van der Waals surface area contributed by atoms with Crippen molar-refractivity contribution in [3.63, 3.8) is 0 Å². The van der Waals surface area contributed by atoms with Crippen molar-refractivity contribution in [1.82, 2.24) is 0 Å². The maximum Gasteiger partial charge on any atom is -0.00298 e. The predicted molar refractivity (Wildman–Crippen MR) is 99.5 cm³/mol. The molecule has 0 aromatic carbocycles. The van der Waals surface area contributed by atoms with Gasteiger partial charge in [-0.2, -0.15) is 0 Å². The van der Waals surface area contributed by atoms with Crippen LogP contribution in [0.1, 0.15) is 60.3 Å². The smallest absolute Gasteiger partial charge is 0.00298 e. The summed E-state index contributed by atoms with van der Waals surface area (Å²) >= 11 is 0. The summed E-state index contributed by atoms with van der Waals surface area (Å²) in [7, 11) is 0. The van der Waals surface area contributed by atoms with E-state index >= 15 is 0 Å². The Morgan fingerprint density at radius 2 is 2.05 bits per heavy atom. The Kier molecular flexibility index (Phi) is 7.44. The maximum absolute atomic E-state index is 5.81. The van der Waals surface area contributed by atoms with Crippen LogP contribution in [-0.2, 0) is 0 Å². The molecule has 0 aromatic heterocycles. The van der Waals surface area contributed by atoms with E-state index in [-0.39, 0.29) is 0 Å². The Morgan fingerprint density at radius 3 is 2.55 bits per heavy atom. The van der Waals surface area contributed by atoms with Crippen LogP contribution in [0.3, 0.4) is 0 Å². The molecule has 0 amide bonds. The van der Waals surface area contributed by atoms with Crippen LogP contribution in [0.5, 0.6) is 0 Å². The molecule has 2 atom stereocenters. The molecule has 0 saturated carbocycles. The van der Waals surface area contributed by atoms with E-state index in [1.54, 1.807) is 6.20 Å². The van der Waals surface area contributed by atoms with Crippen molar-refractivity contribution in [2.45, 2.75) is 60.3 Å². The van der Waals surface area contributed by atoms with E-state index < -0.39 is 0 Å². The van der Waals surface area contributed by atoms with Crippen molar-refractivity contribution in [2.24, 2.45) is 17.6 Å². The standard InChI is InChI=1S/C21H33N/c1-7-9-11-20(16(5)14-22)17(6)18(8-2)21-13-10-12-19(21)15(3)4/h10-11,13-14,17-18H,3,7-9,12,22H2,1-2,4-6H3/b16-14+,20-11+. The first-order chi connectivity index (χ1) is 10.5. The molecule has 0 aliphatic heterocycles. The zero-order chi connectivity index (χ0) is 16.7. The van der Waals surface area contributed by atoms with E-state index in [0.29, 0.717) is 11.8 Å². The van der Waals surface area contributed by atoms with E-state index in [2.05, 4.69) is 59.4 Å². The third-order valence-corrected chi connectivity index (χ3v) is 4.77. The van der Waals surface area contributed by atoms with E-state index in [1.807, 2.05) is 0 Å². The first kappa shape index (κ1) is 18.5. The molecule has 2 N–H and O–H groups in total. The lowest BCUT2D eigenvalue weighted by atomic mass is 9.76. The van der Waals surface area contributed by atoms with Gasteiger partial charge in [-0.3, -0.25) is 0 Å². The molecule has 0 spiro atoms. The van der Waals surface area contributed by atoms with Gasteiger partial charge in [-0.25, -0.2) is 0 Å². The summed E-state index contributed by atoms with van der Waals surface area (Å²) in [6, 6.07) is 0. The highest BCUT2D eigenvalue weighted by Gasteiger charge is 2.26. The number of unbranched alkanes of at least 4 members (excludes halogenated alkanes) is 1. The third-order valence-electron chi connectivity index (χ3n) is 4.77. The summed E-state index contributed by atoms with van der Waals surface area (Å²) in [5.41, 5.74) is 12.5. The van der Waals surface area contributed by atoms with E-state index in [9.17, 15) is 0 Å². The van der Waals surface area contributed by atoms with Crippen LogP contribution in [0, 0.1) is 11.8 Å². The predicted octanol–water partition coefficient (Wildman–Crippen LogP) is 6.07. The minimum atomic E-state index is 0.475. The summed E-state index contributed by atoms with van der Waals surface area (Å²) in [4.78, 5) is 0. The van der Waals surface area contributed by atoms with Crippen LogP contribution >= 0.6 is 0 Å². The highest BCUT2D eigenvalue weighted by atomic mass is 14.5. The van der Waals surface area contributed by atoms with E-state index in [1.165, 1.54) is 34.3 Å². The van der Waals surface area contributed by atoms with Crippen LogP contribution in [0.4, 0.5) is 0 Å². The van der Waals surface area contributed by atoms with Crippen molar-refractivity contribution in [2.75, 3.05) is 0 Å². The molecule has 1 nitrogen and oxygen atoms in total. The van der Waals surface area contributed by atoms with Crippen molar-refractivity contribution in [1.29, 1.82) is 0 Å². The molecular weight excluding hydrogens is 266 g/mol. The molecular formula is C21H33N. The Labute approximate surface area is 137 Å². The fraction of sp³-hybridized carbons (Fsp3) is 0.524. The zero-order valence-electron chi connectivity index (χ0n) is 15.1. The number of nitrogens with two attached hydrogens (primary N) is 1. The lowest BCUT2D eigenvalue weighted by Gasteiger charge is -2.28. The summed E-state index contributed by atoms with van der Waals surface area (Å²) in [5.74, 6) is 1.01. The molecule has 0 radical (unpaired) electrons. The van der Waals surface area contributed by atoms with Gasteiger partial charge in [0.15, 0.2) is 0 Å². The molecule has 2 unspecified atom stereocenters. The lowest BCUT2D eigenvalue weighted by Crippen LogP contribution is -2.17. The van der Waals surface area contributed by atoms with Crippen LogP contribution in [-0.4, -0.2) is 0 Å². The Balaban J connectivity index is 3.19. The van der Waals surface area contributed by atoms with Crippen LogP contribution in [0.15, 0.2) is 58.9 Å². The molecule has 1 rings (SSSR count). The zero-order valence-corrected chi connectivity index (χ0v) is 15.1. The SMILES string of the molecule is C=C(C)C1=C(C(CC)C(C)C(=C/CCC)/C(C)=C/N)C=CC1. The summed E-state index contributed by atoms with van der Waals surface area (Å²) in [6.45, 7) is 15.3. The molecule has 1 aliphatic carbocycles. The van der Waals surface area contributed by atoms with Crippen LogP contribution in [0.25, 0.3) is 0 Å². The number of hydrogen-bond acceptors (Lipinski definition) is 1. The molecule has 1 aliphatic rings. The first-order valence-electron chi connectivity index (χ1n) is 8.62. The molecule has 0 aromatic rings. The molecule has 0 fully saturated rings. The second-order valence-corrected chi connectivity index (χ2v) is 6.42. The normalized spacial score (nSPS) is 18.8. The van der Waals surface area contributed by atoms with Gasteiger partial charge in [0.05, 0.1) is 0 Å². The van der Waals surface area contributed by atoms with Crippen LogP contribution < -0.4 is 5.73 Å². The molecule has 0 bridgehead atoms. The Bertz CT molecular complexity index is 514. The van der Waals surface area contributed by atoms with Gasteiger partial charge in [0.1, 0.15) is 0 Å². The Hall–Kier alpha value is -1.50. The average molecular weight is 300 g/mol. The molecule has 1 heteroatoms. The molecule has 0 heterocycles. The quantitative estimate of drug-likeness (QED) is 0.541. The topological polar surface area (TPSA) is 26.0 Å². The molecule has 0 saturated heterocycles. The van der Waals surface area contributed by atoms with Crippen molar-refractivity contribution < 1.29 is 0 Å². The number of hydrogen-bond donors (Lipinski definition) is 1. The molecule has 22 heavy (non-hydrogen) atoms. The minimum absolute atomic E-state index is 0.475. The Morgan fingerprint density at radius 1 is 1.36 bits per heavy atom. The second kappa shape index (κ2) is 8.82. The minimum Gasteiger partial charge on any atom is -0.404 e. The van der Waals surface area contributed by atoms with Gasteiger partial charge in [0, 0.05) is 0 Å². The second-order valence-electron chi connectivity index (χ2n) is 6.42. The van der Waals surface area contributed by atoms with Gasteiger partial charge >= 0.3 is 0 Å². The fourth-order valence-corrected chi connectivity index (χ4v) is 3.45. The maximum atomic E-state index is 5.81. The van der Waals surface area contributed by atoms with Gasteiger partial charge in [-0.05, 0) is 73.4 Å². The molecule has 122 valence electrons. The van der Waals surface area contributed by atoms with Gasteiger partial charge in [-0.15, -0.1) is 0 Å². The summed E-state index contributed by atoms with van der Waals surface area (Å²) < 4.78 is 0. The van der Waals surface area contributed by atoms with Gasteiger partial charge in [-0.1, -0.05) is 57.6 Å². The number of allylic oxidation sites excluding steroid dienone is 8. The van der Waals surface area contributed by atoms with Crippen molar-refractivity contribution in [3.05, 3.63) is 58.9 Å². The highest BCUT2D eigenvalue weighted by Crippen LogP contribution is 2.39. The van der Waals surface area contributed by atoms with Crippen LogP contribution in [0.2, 0.25) is 0 Å². The summed E-state index contributed by atoms with van der Waals surface area (Å²) in [5, 5.41) is 0. The van der Waals surface area contributed by atoms with Gasteiger partial charge in [0.25, 0.3) is 0 Å². The van der Waals surface area contributed by atoms with Crippen molar-refractivity contribution >= 4 is 0 Å². The van der Waals surface area contributed by atoms with Crippen molar-refractivity contribution in [3.8, 4) is 0 Å². The number of rotatable bonds is 8.